The Labute approximate surface area is 289 Å². The van der Waals surface area contributed by atoms with Gasteiger partial charge in [-0.1, -0.05) is 124 Å². The van der Waals surface area contributed by atoms with Gasteiger partial charge in [-0.25, -0.2) is 0 Å². The highest BCUT2D eigenvalue weighted by Crippen LogP contribution is 2.19. The van der Waals surface area contributed by atoms with Crippen molar-refractivity contribution in [2.24, 2.45) is 5.41 Å². The van der Waals surface area contributed by atoms with Gasteiger partial charge in [0.15, 0.2) is 0 Å². The van der Waals surface area contributed by atoms with E-state index in [1.807, 2.05) is 28.1 Å². The third kappa shape index (κ3) is 25.9. The Morgan fingerprint density at radius 3 is 0.915 bits per heavy atom. The minimum atomic E-state index is -0.631. The van der Waals surface area contributed by atoms with Crippen LogP contribution in [0.1, 0.15) is 143 Å². The van der Waals surface area contributed by atoms with Gasteiger partial charge in [-0.05, 0) is 19.3 Å². The van der Waals surface area contributed by atoms with Crippen LogP contribution in [0.15, 0.2) is 0 Å². The molecule has 3 amide bonds. The molecular weight excluding hydrogens is 594 g/mol. The van der Waals surface area contributed by atoms with Gasteiger partial charge in [0.05, 0.1) is 19.8 Å². The van der Waals surface area contributed by atoms with Gasteiger partial charge in [-0.15, -0.1) is 0 Å². The number of ether oxygens (including phenoxy) is 3. The molecule has 0 N–H and O–H groups in total. The number of amides is 3. The number of hydrogen-bond acceptors (Lipinski definition) is 6. The van der Waals surface area contributed by atoms with Gasteiger partial charge < -0.3 is 28.9 Å². The van der Waals surface area contributed by atoms with E-state index < -0.39 is 5.41 Å². The molecule has 0 saturated heterocycles. The zero-order valence-corrected chi connectivity index (χ0v) is 31.9. The molecule has 0 unspecified atom stereocenters. The van der Waals surface area contributed by atoms with Crippen LogP contribution in [0.2, 0.25) is 0 Å². The van der Waals surface area contributed by atoms with Crippen molar-refractivity contribution in [1.82, 2.24) is 14.7 Å². The minimum absolute atomic E-state index is 0.0260. The first-order valence-electron chi connectivity index (χ1n) is 19.0. The molecule has 0 radical (unpaired) electrons. The Morgan fingerprint density at radius 1 is 0.426 bits per heavy atom. The number of hydrogen-bond donors (Lipinski definition) is 0. The zero-order chi connectivity index (χ0) is 35.2. The summed E-state index contributed by atoms with van der Waals surface area (Å²) in [6.45, 7) is 11.3. The molecule has 0 rings (SSSR count). The number of rotatable bonds is 33. The van der Waals surface area contributed by atoms with Crippen LogP contribution in [0.25, 0.3) is 0 Å². The van der Waals surface area contributed by atoms with E-state index in [9.17, 15) is 14.4 Å². The van der Waals surface area contributed by atoms with Crippen molar-refractivity contribution in [3.63, 3.8) is 0 Å². The van der Waals surface area contributed by atoms with Crippen LogP contribution < -0.4 is 0 Å². The van der Waals surface area contributed by atoms with Gasteiger partial charge in [0.1, 0.15) is 19.8 Å². The maximum Gasteiger partial charge on any atom is 0.248 e. The first-order valence-corrected chi connectivity index (χ1v) is 19.0. The largest absolute Gasteiger partial charge is 0.371 e. The molecule has 0 aromatic carbocycles. The van der Waals surface area contributed by atoms with E-state index in [0.717, 1.165) is 58.2 Å². The molecule has 278 valence electrons. The molecule has 0 atom stereocenters. The van der Waals surface area contributed by atoms with Crippen LogP contribution in [0, 0.1) is 5.41 Å². The van der Waals surface area contributed by atoms with E-state index in [2.05, 4.69) is 20.8 Å². The first kappa shape index (κ1) is 45.3. The zero-order valence-electron chi connectivity index (χ0n) is 31.9. The van der Waals surface area contributed by atoms with E-state index in [1.54, 1.807) is 14.7 Å². The van der Waals surface area contributed by atoms with Gasteiger partial charge >= 0.3 is 0 Å². The van der Waals surface area contributed by atoms with Gasteiger partial charge in [-0.2, -0.15) is 0 Å². The van der Waals surface area contributed by atoms with Gasteiger partial charge in [0.2, 0.25) is 17.7 Å². The van der Waals surface area contributed by atoms with Crippen molar-refractivity contribution < 1.29 is 28.6 Å². The van der Waals surface area contributed by atoms with E-state index in [-0.39, 0.29) is 57.4 Å². The average molecular weight is 670 g/mol. The molecule has 0 bridgehead atoms. The Kier molecular flexibility index (Phi) is 29.3. The number of carbonyl (C=O) groups is 3. The summed E-state index contributed by atoms with van der Waals surface area (Å²) in [5, 5.41) is 0. The Balaban J connectivity index is 4.81. The van der Waals surface area contributed by atoms with E-state index >= 15 is 0 Å². The molecule has 0 aromatic rings. The maximum atomic E-state index is 12.7. The predicted octanol–water partition coefficient (Wildman–Crippen LogP) is 7.50. The molecule has 47 heavy (non-hydrogen) atoms. The molecule has 0 aliphatic carbocycles. The smallest absolute Gasteiger partial charge is 0.248 e. The minimum Gasteiger partial charge on any atom is -0.371 e. The predicted molar refractivity (Wildman–Crippen MR) is 194 cm³/mol. The fourth-order valence-electron chi connectivity index (χ4n) is 5.37. The molecule has 9 heteroatoms. The Bertz CT molecular complexity index is 683. The third-order valence-corrected chi connectivity index (χ3v) is 8.85. The molecule has 0 spiro atoms. The lowest BCUT2D eigenvalue weighted by molar-refractivity contribution is -0.142. The molecule has 0 aromatic heterocycles. The van der Waals surface area contributed by atoms with E-state index in [4.69, 9.17) is 14.2 Å². The molecule has 0 heterocycles. The molecule has 0 aliphatic heterocycles. The summed E-state index contributed by atoms with van der Waals surface area (Å²) in [6, 6.07) is 0. The molecule has 9 nitrogen and oxygen atoms in total. The van der Waals surface area contributed by atoms with Crippen molar-refractivity contribution in [2.45, 2.75) is 143 Å². The van der Waals surface area contributed by atoms with Crippen LogP contribution in [0.5, 0.6) is 0 Å². The summed E-state index contributed by atoms with van der Waals surface area (Å²) in [5.41, 5.74) is -0.631. The first-order chi connectivity index (χ1) is 22.6. The highest BCUT2D eigenvalue weighted by Gasteiger charge is 2.28. The van der Waals surface area contributed by atoms with Crippen LogP contribution in [0.3, 0.4) is 0 Å². The Hall–Kier alpha value is -1.71. The van der Waals surface area contributed by atoms with Gasteiger partial charge in [0, 0.05) is 46.2 Å². The van der Waals surface area contributed by atoms with Crippen LogP contribution in [0.4, 0.5) is 0 Å². The fraction of sp³-hybridized carbons (Fsp3) is 0.921. The topological polar surface area (TPSA) is 88.6 Å². The summed E-state index contributed by atoms with van der Waals surface area (Å²) in [5.74, 6) is -0.165. The second-order valence-electron chi connectivity index (χ2n) is 14.0. The monoisotopic (exact) mass is 670 g/mol. The summed E-state index contributed by atoms with van der Waals surface area (Å²) >= 11 is 0. The molecule has 0 saturated carbocycles. The van der Waals surface area contributed by atoms with Crippen molar-refractivity contribution in [1.29, 1.82) is 0 Å². The van der Waals surface area contributed by atoms with Crippen molar-refractivity contribution in [2.75, 3.05) is 80.4 Å². The second-order valence-corrected chi connectivity index (χ2v) is 14.0. The summed E-state index contributed by atoms with van der Waals surface area (Å²) in [6.07, 6.45) is 21.2. The fourth-order valence-corrected chi connectivity index (χ4v) is 5.37. The number of likely N-dealkylation sites (N-methyl/N-ethyl adjacent to an activating group) is 3. The normalized spacial score (nSPS) is 11.6. The number of carbonyl (C=O) groups excluding carboxylic acids is 3. The highest BCUT2D eigenvalue weighted by atomic mass is 16.5. The van der Waals surface area contributed by atoms with E-state index in [1.165, 1.54) is 77.0 Å². The molecular formula is C38H75N3O6. The summed E-state index contributed by atoms with van der Waals surface area (Å²) in [7, 11) is 5.47. The third-order valence-electron chi connectivity index (χ3n) is 8.85. The van der Waals surface area contributed by atoms with Crippen molar-refractivity contribution in [3.05, 3.63) is 0 Å². The molecule has 0 fully saturated rings. The highest BCUT2D eigenvalue weighted by molar-refractivity contribution is 5.77. The summed E-state index contributed by atoms with van der Waals surface area (Å²) < 4.78 is 17.7. The number of nitrogens with zero attached hydrogens (tertiary/aromatic N) is 3. The standard InChI is InChI=1S/C38H75N3O6/c1-8-11-14-17-20-23-26-39(5)35(42)29-45-32-38(4,33-46-30-36(43)40(6)27-24-21-18-15-12-9-2)34-47-31-37(44)41(7)28-25-22-19-16-13-10-3/h8-34H2,1-7H3. The lowest BCUT2D eigenvalue weighted by Gasteiger charge is -2.30. The lowest BCUT2D eigenvalue weighted by atomic mass is 9.94. The van der Waals surface area contributed by atoms with Crippen LogP contribution in [-0.2, 0) is 28.6 Å². The average Bonchev–Trinajstić information content (AvgIpc) is 3.05. The Morgan fingerprint density at radius 2 is 0.660 bits per heavy atom. The van der Waals surface area contributed by atoms with Crippen molar-refractivity contribution in [3.8, 4) is 0 Å². The SMILES string of the molecule is CCCCCCCCN(C)C(=O)COCC(C)(COCC(=O)N(C)CCCCCCCC)COCC(=O)N(C)CCCCCCCC. The molecule has 0 aliphatic rings. The van der Waals surface area contributed by atoms with Crippen molar-refractivity contribution >= 4 is 17.7 Å². The van der Waals surface area contributed by atoms with Gasteiger partial charge in [-0.3, -0.25) is 14.4 Å². The quantitative estimate of drug-likeness (QED) is 0.0673. The summed E-state index contributed by atoms with van der Waals surface area (Å²) in [4.78, 5) is 43.3. The van der Waals surface area contributed by atoms with Crippen LogP contribution in [-0.4, -0.2) is 113 Å². The van der Waals surface area contributed by atoms with Crippen LogP contribution >= 0.6 is 0 Å². The number of unbranched alkanes of at least 4 members (excludes halogenated alkanes) is 15. The second kappa shape index (κ2) is 30.4. The van der Waals surface area contributed by atoms with Gasteiger partial charge in [0.25, 0.3) is 0 Å². The van der Waals surface area contributed by atoms with E-state index in [0.29, 0.717) is 0 Å². The maximum absolute atomic E-state index is 12.7. The lowest BCUT2D eigenvalue weighted by Crippen LogP contribution is -2.40.